The van der Waals surface area contributed by atoms with Crippen LogP contribution in [-0.2, 0) is 4.74 Å². The van der Waals surface area contributed by atoms with Crippen molar-refractivity contribution in [3.05, 3.63) is 40.2 Å². The van der Waals surface area contributed by atoms with E-state index in [2.05, 4.69) is 16.8 Å². The number of benzene rings is 1. The quantitative estimate of drug-likeness (QED) is 0.884. The summed E-state index contributed by atoms with van der Waals surface area (Å²) in [6.07, 6.45) is 4.47. The van der Waals surface area contributed by atoms with Crippen LogP contribution < -0.4 is 10.5 Å². The number of pyridine rings is 1. The molecule has 1 aromatic heterocycles. The van der Waals surface area contributed by atoms with Crippen LogP contribution in [0.2, 0.25) is 0 Å². The number of fused-ring (bicyclic) bond motifs is 1. The maximum Gasteiger partial charge on any atom is 0.337 e. The van der Waals surface area contributed by atoms with Crippen LogP contribution in [0.15, 0.2) is 29.1 Å². The van der Waals surface area contributed by atoms with Crippen LogP contribution in [0.1, 0.15) is 43.0 Å². The van der Waals surface area contributed by atoms with Gasteiger partial charge < -0.3 is 14.6 Å². The number of H-pyrrole nitrogens is 1. The first kappa shape index (κ1) is 15.6. The van der Waals surface area contributed by atoms with Crippen molar-refractivity contribution in [3.8, 4) is 0 Å². The molecule has 1 saturated heterocycles. The number of hydrogen-bond donors (Lipinski definition) is 1. The second-order valence-corrected chi connectivity index (χ2v) is 6.03. The number of piperidine rings is 1. The van der Waals surface area contributed by atoms with Gasteiger partial charge in [0, 0.05) is 23.5 Å². The van der Waals surface area contributed by atoms with Gasteiger partial charge in [-0.05, 0) is 49.9 Å². The van der Waals surface area contributed by atoms with E-state index in [9.17, 15) is 9.59 Å². The minimum absolute atomic E-state index is 0.0660. The molecule has 1 aromatic carbocycles. The van der Waals surface area contributed by atoms with Crippen molar-refractivity contribution in [2.45, 2.75) is 38.6 Å². The Morgan fingerprint density at radius 3 is 2.91 bits per heavy atom. The van der Waals surface area contributed by atoms with Gasteiger partial charge in [0.25, 0.3) is 5.56 Å². The average Bonchev–Trinajstić information content (AvgIpc) is 2.60. The normalized spacial score (nSPS) is 18.2. The summed E-state index contributed by atoms with van der Waals surface area (Å²) in [6, 6.07) is 7.49. The van der Waals surface area contributed by atoms with Gasteiger partial charge in [0.1, 0.15) is 5.69 Å². The van der Waals surface area contributed by atoms with Gasteiger partial charge in [-0.2, -0.15) is 0 Å². The van der Waals surface area contributed by atoms with Gasteiger partial charge in [-0.25, -0.2) is 4.79 Å². The molecule has 5 nitrogen and oxygen atoms in total. The molecule has 0 saturated carbocycles. The molecule has 0 amide bonds. The lowest BCUT2D eigenvalue weighted by atomic mass is 9.99. The molecule has 3 rings (SSSR count). The fourth-order valence-electron chi connectivity index (χ4n) is 3.40. The number of rotatable bonds is 3. The Bertz CT molecular complexity index is 781. The minimum Gasteiger partial charge on any atom is -0.465 e. The molecular formula is C18H22N2O3. The lowest BCUT2D eigenvalue weighted by molar-refractivity contribution is 0.0601. The standard InChI is InChI=1S/C18H22N2O3/c1-3-14-6-4-5-9-20(14)16-11-13-10-12(18(22)23-2)7-8-15(13)19-17(16)21/h7-8,10-11,14H,3-6,9H2,1-2H3,(H,19,21). The highest BCUT2D eigenvalue weighted by Crippen LogP contribution is 2.26. The van der Waals surface area contributed by atoms with Crippen molar-refractivity contribution in [2.24, 2.45) is 0 Å². The molecule has 23 heavy (non-hydrogen) atoms. The van der Waals surface area contributed by atoms with Gasteiger partial charge in [0.2, 0.25) is 0 Å². The molecule has 0 bridgehead atoms. The van der Waals surface area contributed by atoms with Crippen LogP contribution in [-0.4, -0.2) is 30.6 Å². The molecule has 0 radical (unpaired) electrons. The zero-order valence-electron chi connectivity index (χ0n) is 13.6. The van der Waals surface area contributed by atoms with Crippen molar-refractivity contribution in [2.75, 3.05) is 18.6 Å². The summed E-state index contributed by atoms with van der Waals surface area (Å²) in [4.78, 5) is 29.3. The van der Waals surface area contributed by atoms with E-state index >= 15 is 0 Å². The van der Waals surface area contributed by atoms with Gasteiger partial charge in [0.05, 0.1) is 12.7 Å². The molecule has 1 fully saturated rings. The van der Waals surface area contributed by atoms with E-state index in [1.807, 2.05) is 6.07 Å². The largest absolute Gasteiger partial charge is 0.465 e. The molecule has 1 unspecified atom stereocenters. The number of aromatic nitrogens is 1. The number of esters is 1. The number of methoxy groups -OCH3 is 1. The molecule has 1 atom stereocenters. The van der Waals surface area contributed by atoms with Crippen molar-refractivity contribution in [1.82, 2.24) is 4.98 Å². The monoisotopic (exact) mass is 314 g/mol. The number of nitrogens with one attached hydrogen (secondary N) is 1. The summed E-state index contributed by atoms with van der Waals surface area (Å²) >= 11 is 0. The maximum absolute atomic E-state index is 12.5. The van der Waals surface area contributed by atoms with Gasteiger partial charge in [-0.1, -0.05) is 6.92 Å². The van der Waals surface area contributed by atoms with Crippen LogP contribution in [0.4, 0.5) is 5.69 Å². The highest BCUT2D eigenvalue weighted by molar-refractivity contribution is 5.95. The number of anilines is 1. The molecule has 1 aliphatic heterocycles. The lowest BCUT2D eigenvalue weighted by Crippen LogP contribution is -2.41. The van der Waals surface area contributed by atoms with E-state index in [0.29, 0.717) is 17.3 Å². The van der Waals surface area contributed by atoms with E-state index in [4.69, 9.17) is 4.74 Å². The molecule has 0 spiro atoms. The fraction of sp³-hybridized carbons (Fsp3) is 0.444. The van der Waals surface area contributed by atoms with Gasteiger partial charge in [-0.3, -0.25) is 4.79 Å². The predicted octanol–water partition coefficient (Wildman–Crippen LogP) is 3.08. The Morgan fingerprint density at radius 2 is 2.17 bits per heavy atom. The van der Waals surface area contributed by atoms with Crippen molar-refractivity contribution in [1.29, 1.82) is 0 Å². The van der Waals surface area contributed by atoms with Crippen LogP contribution in [0.3, 0.4) is 0 Å². The van der Waals surface area contributed by atoms with E-state index in [1.54, 1.807) is 18.2 Å². The number of aromatic amines is 1. The van der Waals surface area contributed by atoms with E-state index < -0.39 is 0 Å². The number of ether oxygens (including phenoxy) is 1. The molecule has 1 aliphatic rings. The second kappa shape index (κ2) is 6.44. The Kier molecular flexibility index (Phi) is 4.37. The first-order valence-corrected chi connectivity index (χ1v) is 8.16. The first-order valence-electron chi connectivity index (χ1n) is 8.16. The van der Waals surface area contributed by atoms with Gasteiger partial charge in [0.15, 0.2) is 0 Å². The number of carbonyl (C=O) groups excluding carboxylic acids is 1. The lowest BCUT2D eigenvalue weighted by Gasteiger charge is -2.36. The molecule has 5 heteroatoms. The Morgan fingerprint density at radius 1 is 1.35 bits per heavy atom. The number of carbonyl (C=O) groups is 1. The Hall–Kier alpha value is -2.30. The van der Waals surface area contributed by atoms with Gasteiger partial charge >= 0.3 is 5.97 Å². The van der Waals surface area contributed by atoms with E-state index in [-0.39, 0.29) is 11.5 Å². The highest BCUT2D eigenvalue weighted by Gasteiger charge is 2.23. The third-order valence-corrected chi connectivity index (χ3v) is 4.65. The van der Waals surface area contributed by atoms with Crippen LogP contribution in [0.5, 0.6) is 0 Å². The highest BCUT2D eigenvalue weighted by atomic mass is 16.5. The minimum atomic E-state index is -0.371. The van der Waals surface area contributed by atoms with E-state index in [0.717, 1.165) is 36.7 Å². The average molecular weight is 314 g/mol. The smallest absolute Gasteiger partial charge is 0.337 e. The molecule has 0 aliphatic carbocycles. The second-order valence-electron chi connectivity index (χ2n) is 6.03. The molecule has 1 N–H and O–H groups in total. The summed E-state index contributed by atoms with van der Waals surface area (Å²) in [7, 11) is 1.37. The van der Waals surface area contributed by atoms with Crippen LogP contribution in [0.25, 0.3) is 10.9 Å². The van der Waals surface area contributed by atoms with Crippen molar-refractivity contribution in [3.63, 3.8) is 0 Å². The SMILES string of the molecule is CCC1CCCCN1c1cc2cc(C(=O)OC)ccc2[nH]c1=O. The number of hydrogen-bond acceptors (Lipinski definition) is 4. The summed E-state index contributed by atoms with van der Waals surface area (Å²) in [5.74, 6) is -0.371. The Balaban J connectivity index is 2.08. The fourth-order valence-corrected chi connectivity index (χ4v) is 3.40. The van der Waals surface area contributed by atoms with Crippen LogP contribution in [0, 0.1) is 0 Å². The maximum atomic E-state index is 12.5. The first-order chi connectivity index (χ1) is 11.1. The van der Waals surface area contributed by atoms with Crippen molar-refractivity contribution < 1.29 is 9.53 Å². The predicted molar refractivity (Wildman–Crippen MR) is 91.2 cm³/mol. The molecule has 2 heterocycles. The van der Waals surface area contributed by atoms with Gasteiger partial charge in [-0.15, -0.1) is 0 Å². The summed E-state index contributed by atoms with van der Waals surface area (Å²) in [6.45, 7) is 3.07. The third kappa shape index (κ3) is 2.96. The Labute approximate surface area is 135 Å². The topological polar surface area (TPSA) is 62.4 Å². The molecule has 2 aromatic rings. The van der Waals surface area contributed by atoms with Crippen LogP contribution >= 0.6 is 0 Å². The summed E-state index contributed by atoms with van der Waals surface area (Å²) in [5.41, 5.74) is 1.86. The van der Waals surface area contributed by atoms with E-state index in [1.165, 1.54) is 13.5 Å². The summed E-state index contributed by atoms with van der Waals surface area (Å²) in [5, 5.41) is 0.850. The number of nitrogens with zero attached hydrogens (tertiary/aromatic N) is 1. The molecular weight excluding hydrogens is 292 g/mol. The van der Waals surface area contributed by atoms with Crippen molar-refractivity contribution >= 4 is 22.6 Å². The molecule has 122 valence electrons. The summed E-state index contributed by atoms with van der Waals surface area (Å²) < 4.78 is 4.77. The zero-order valence-corrected chi connectivity index (χ0v) is 13.6. The zero-order chi connectivity index (χ0) is 16.4. The third-order valence-electron chi connectivity index (χ3n) is 4.65.